The lowest BCUT2D eigenvalue weighted by atomic mass is 10.3. The second kappa shape index (κ2) is 4.64. The van der Waals surface area contributed by atoms with Gasteiger partial charge in [-0.2, -0.15) is 5.26 Å². The molecule has 1 aliphatic rings. The Morgan fingerprint density at radius 3 is 2.88 bits per heavy atom. The SMILES string of the molecule is Cc1ccc(S(=O)(=O)N[C@H]2CCN(C#N)C2)s1. The van der Waals surface area contributed by atoms with E-state index in [1.807, 2.05) is 13.1 Å². The fourth-order valence-electron chi connectivity index (χ4n) is 1.78. The number of hydrogen-bond donors (Lipinski definition) is 1. The summed E-state index contributed by atoms with van der Waals surface area (Å²) in [6.07, 6.45) is 2.70. The third kappa shape index (κ3) is 2.77. The van der Waals surface area contributed by atoms with Crippen molar-refractivity contribution in [1.82, 2.24) is 9.62 Å². The Morgan fingerprint density at radius 1 is 1.59 bits per heavy atom. The van der Waals surface area contributed by atoms with E-state index in [0.717, 1.165) is 4.88 Å². The van der Waals surface area contributed by atoms with Gasteiger partial charge in [0.2, 0.25) is 10.0 Å². The molecule has 0 unspecified atom stereocenters. The van der Waals surface area contributed by atoms with Crippen LogP contribution in [0.1, 0.15) is 11.3 Å². The highest BCUT2D eigenvalue weighted by Crippen LogP contribution is 2.21. The van der Waals surface area contributed by atoms with Crippen LogP contribution in [0.5, 0.6) is 0 Å². The molecule has 1 aliphatic heterocycles. The van der Waals surface area contributed by atoms with E-state index in [9.17, 15) is 8.42 Å². The minimum absolute atomic E-state index is 0.165. The number of sulfonamides is 1. The van der Waals surface area contributed by atoms with Gasteiger partial charge in [0.05, 0.1) is 0 Å². The van der Waals surface area contributed by atoms with E-state index in [0.29, 0.717) is 23.7 Å². The van der Waals surface area contributed by atoms with Crippen molar-refractivity contribution in [2.45, 2.75) is 23.6 Å². The number of nitrogens with zero attached hydrogens (tertiary/aromatic N) is 2. The molecule has 0 radical (unpaired) electrons. The molecule has 1 fully saturated rings. The molecule has 5 nitrogen and oxygen atoms in total. The number of aryl methyl sites for hydroxylation is 1. The topological polar surface area (TPSA) is 73.2 Å². The minimum Gasteiger partial charge on any atom is -0.309 e. The summed E-state index contributed by atoms with van der Waals surface area (Å²) in [5.41, 5.74) is 0. The largest absolute Gasteiger partial charge is 0.309 e. The Morgan fingerprint density at radius 2 is 2.35 bits per heavy atom. The third-order valence-electron chi connectivity index (χ3n) is 2.63. The molecule has 1 N–H and O–H groups in total. The Bertz CT molecular complexity index is 544. The number of likely N-dealkylation sites (tertiary alicyclic amines) is 1. The first-order valence-corrected chi connectivity index (χ1v) is 7.55. The van der Waals surface area contributed by atoms with E-state index in [1.54, 1.807) is 17.0 Å². The van der Waals surface area contributed by atoms with E-state index < -0.39 is 10.0 Å². The van der Waals surface area contributed by atoms with Gasteiger partial charge in [-0.1, -0.05) is 0 Å². The fraction of sp³-hybridized carbons (Fsp3) is 0.500. The number of thiophene rings is 1. The minimum atomic E-state index is -3.42. The molecule has 1 atom stereocenters. The number of nitriles is 1. The third-order valence-corrected chi connectivity index (χ3v) is 5.65. The number of hydrogen-bond acceptors (Lipinski definition) is 5. The molecule has 92 valence electrons. The van der Waals surface area contributed by atoms with Crippen LogP contribution in [0.15, 0.2) is 16.3 Å². The second-order valence-electron chi connectivity index (χ2n) is 4.02. The summed E-state index contributed by atoms with van der Waals surface area (Å²) in [6, 6.07) is 3.23. The average Bonchev–Trinajstić information content (AvgIpc) is 2.86. The molecule has 0 aromatic carbocycles. The molecule has 0 spiro atoms. The highest BCUT2D eigenvalue weighted by Gasteiger charge is 2.27. The maximum atomic E-state index is 12.0. The van der Waals surface area contributed by atoms with Gasteiger partial charge in [0.15, 0.2) is 6.19 Å². The highest BCUT2D eigenvalue weighted by atomic mass is 32.2. The first kappa shape index (κ1) is 12.4. The van der Waals surface area contributed by atoms with Crippen molar-refractivity contribution in [1.29, 1.82) is 5.26 Å². The molecule has 2 rings (SSSR count). The zero-order valence-electron chi connectivity index (χ0n) is 9.38. The average molecular weight is 271 g/mol. The van der Waals surface area contributed by atoms with Crippen molar-refractivity contribution >= 4 is 21.4 Å². The van der Waals surface area contributed by atoms with Gasteiger partial charge < -0.3 is 4.90 Å². The zero-order valence-corrected chi connectivity index (χ0v) is 11.0. The Labute approximate surface area is 105 Å². The summed E-state index contributed by atoms with van der Waals surface area (Å²) in [6.45, 7) is 2.95. The van der Waals surface area contributed by atoms with Crippen LogP contribution in [0, 0.1) is 18.4 Å². The standard InChI is InChI=1S/C10H13N3O2S2/c1-8-2-3-10(16-8)17(14,15)12-9-4-5-13(6-9)7-11/h2-3,9,12H,4-6H2,1H3/t9-/m0/s1. The van der Waals surface area contributed by atoms with Gasteiger partial charge >= 0.3 is 0 Å². The van der Waals surface area contributed by atoms with Gasteiger partial charge in [-0.25, -0.2) is 13.1 Å². The lowest BCUT2D eigenvalue weighted by Crippen LogP contribution is -2.36. The van der Waals surface area contributed by atoms with Gasteiger partial charge in [-0.15, -0.1) is 11.3 Å². The Hall–Kier alpha value is -1.10. The fourth-order valence-corrected chi connectivity index (χ4v) is 4.34. The molecule has 0 saturated carbocycles. The van der Waals surface area contributed by atoms with Crippen molar-refractivity contribution in [3.63, 3.8) is 0 Å². The highest BCUT2D eigenvalue weighted by molar-refractivity contribution is 7.91. The first-order valence-electron chi connectivity index (χ1n) is 5.25. The summed E-state index contributed by atoms with van der Waals surface area (Å²) in [5, 5.41) is 8.70. The molecule has 1 aromatic heterocycles. The van der Waals surface area contributed by atoms with Crippen LogP contribution in [0.25, 0.3) is 0 Å². The maximum Gasteiger partial charge on any atom is 0.250 e. The van der Waals surface area contributed by atoms with Crippen LogP contribution < -0.4 is 4.72 Å². The smallest absolute Gasteiger partial charge is 0.250 e. The van der Waals surface area contributed by atoms with Crippen LogP contribution in [0.2, 0.25) is 0 Å². The summed E-state index contributed by atoms with van der Waals surface area (Å²) in [4.78, 5) is 2.53. The van der Waals surface area contributed by atoms with Crippen LogP contribution in [-0.4, -0.2) is 32.4 Å². The van der Waals surface area contributed by atoms with E-state index in [4.69, 9.17) is 5.26 Å². The van der Waals surface area contributed by atoms with E-state index in [-0.39, 0.29) is 6.04 Å². The summed E-state index contributed by atoms with van der Waals surface area (Å²) >= 11 is 1.26. The van der Waals surface area contributed by atoms with Crippen molar-refractivity contribution in [3.05, 3.63) is 17.0 Å². The predicted octanol–water partition coefficient (Wildman–Crippen LogP) is 0.890. The van der Waals surface area contributed by atoms with Gasteiger partial charge in [0.25, 0.3) is 0 Å². The van der Waals surface area contributed by atoms with E-state index >= 15 is 0 Å². The van der Waals surface area contributed by atoms with E-state index in [1.165, 1.54) is 11.3 Å². The van der Waals surface area contributed by atoms with E-state index in [2.05, 4.69) is 4.72 Å². The Kier molecular flexibility index (Phi) is 3.38. The summed E-state index contributed by atoms with van der Waals surface area (Å²) in [5.74, 6) is 0. The predicted molar refractivity (Wildman–Crippen MR) is 65.0 cm³/mol. The van der Waals surface area contributed by atoms with Gasteiger partial charge in [-0.3, -0.25) is 0 Å². The monoisotopic (exact) mass is 271 g/mol. The van der Waals surface area contributed by atoms with Crippen LogP contribution in [0.4, 0.5) is 0 Å². The number of nitrogens with one attached hydrogen (secondary N) is 1. The quantitative estimate of drug-likeness (QED) is 0.829. The van der Waals surface area contributed by atoms with Gasteiger partial charge in [0, 0.05) is 24.0 Å². The lowest BCUT2D eigenvalue weighted by molar-refractivity contribution is 0.470. The summed E-state index contributed by atoms with van der Waals surface area (Å²) in [7, 11) is -3.42. The van der Waals surface area contributed by atoms with Crippen molar-refractivity contribution in [2.24, 2.45) is 0 Å². The van der Waals surface area contributed by atoms with Crippen LogP contribution in [-0.2, 0) is 10.0 Å². The van der Waals surface area contributed by atoms with Crippen LogP contribution in [0.3, 0.4) is 0 Å². The van der Waals surface area contributed by atoms with Gasteiger partial charge in [0.1, 0.15) is 4.21 Å². The second-order valence-corrected chi connectivity index (χ2v) is 7.25. The maximum absolute atomic E-state index is 12.0. The molecule has 17 heavy (non-hydrogen) atoms. The summed E-state index contributed by atoms with van der Waals surface area (Å²) < 4.78 is 27.0. The first-order chi connectivity index (χ1) is 8.01. The molecule has 0 aliphatic carbocycles. The molecule has 0 bridgehead atoms. The lowest BCUT2D eigenvalue weighted by Gasteiger charge is -2.11. The van der Waals surface area contributed by atoms with Gasteiger partial charge in [-0.05, 0) is 25.5 Å². The normalized spacial score (nSPS) is 20.5. The molecule has 1 saturated heterocycles. The molecule has 2 heterocycles. The zero-order chi connectivity index (χ0) is 12.5. The molecule has 1 aromatic rings. The van der Waals surface area contributed by atoms with Crippen LogP contribution >= 0.6 is 11.3 Å². The molecule has 7 heteroatoms. The van der Waals surface area contributed by atoms with Crippen molar-refractivity contribution in [2.75, 3.05) is 13.1 Å². The molecular weight excluding hydrogens is 258 g/mol. The molecule has 0 amide bonds. The molecular formula is C10H13N3O2S2. The number of rotatable bonds is 3. The Balaban J connectivity index is 2.07. The van der Waals surface area contributed by atoms with Crippen molar-refractivity contribution < 1.29 is 8.42 Å². The van der Waals surface area contributed by atoms with Crippen molar-refractivity contribution in [3.8, 4) is 6.19 Å².